The monoisotopic (exact) mass is 435 g/mol. The van der Waals surface area contributed by atoms with E-state index in [-0.39, 0.29) is 30.7 Å². The van der Waals surface area contributed by atoms with Crippen molar-refractivity contribution in [1.29, 1.82) is 0 Å². The molecule has 7 heteroatoms. The average Bonchev–Trinajstić information content (AvgIpc) is 2.84. The van der Waals surface area contributed by atoms with Crippen LogP contribution in [0.2, 0.25) is 0 Å². The smallest absolute Gasteiger partial charge is 0.265 e. The van der Waals surface area contributed by atoms with Gasteiger partial charge in [0.25, 0.3) is 5.91 Å². The lowest BCUT2D eigenvalue weighted by Crippen LogP contribution is -2.51. The number of carbonyl (C=O) groups is 3. The van der Waals surface area contributed by atoms with Crippen LogP contribution in [-0.2, 0) is 20.8 Å². The second-order valence-corrected chi connectivity index (χ2v) is 8.15. The van der Waals surface area contributed by atoms with E-state index >= 15 is 0 Å². The third kappa shape index (κ3) is 5.28. The highest BCUT2D eigenvalue weighted by Crippen LogP contribution is 2.31. The Morgan fingerprint density at radius 2 is 1.44 bits per heavy atom. The molecule has 32 heavy (non-hydrogen) atoms. The standard InChI is InChI=1S/C25H29N3O4/c29-23(12-6-9-20-7-2-1-3-8-20)26-15-17-27(18-16-26)24(30)13-14-28-21-10-4-5-11-22(21)32-19-25(28)31/h1-5,7-8,10-11H,6,9,12-19H2. The first-order chi connectivity index (χ1) is 15.6. The first-order valence-electron chi connectivity index (χ1n) is 11.2. The van der Waals surface area contributed by atoms with Crippen molar-refractivity contribution in [2.45, 2.75) is 25.7 Å². The summed E-state index contributed by atoms with van der Waals surface area (Å²) in [4.78, 5) is 42.8. The van der Waals surface area contributed by atoms with E-state index < -0.39 is 0 Å². The molecule has 0 bridgehead atoms. The number of aryl methyl sites for hydroxylation is 1. The van der Waals surface area contributed by atoms with Gasteiger partial charge in [-0.3, -0.25) is 14.4 Å². The van der Waals surface area contributed by atoms with Crippen molar-refractivity contribution in [2.24, 2.45) is 0 Å². The van der Waals surface area contributed by atoms with E-state index in [1.807, 2.05) is 47.4 Å². The summed E-state index contributed by atoms with van der Waals surface area (Å²) in [5, 5.41) is 0. The number of nitrogens with zero attached hydrogens (tertiary/aromatic N) is 3. The first kappa shape index (κ1) is 21.9. The second-order valence-electron chi connectivity index (χ2n) is 8.15. The minimum absolute atomic E-state index is 0.00371. The molecule has 0 spiro atoms. The van der Waals surface area contributed by atoms with Gasteiger partial charge in [0, 0.05) is 45.6 Å². The van der Waals surface area contributed by atoms with Crippen molar-refractivity contribution < 1.29 is 19.1 Å². The summed E-state index contributed by atoms with van der Waals surface area (Å²) in [6, 6.07) is 17.6. The molecule has 7 nitrogen and oxygen atoms in total. The number of piperazine rings is 1. The maximum Gasteiger partial charge on any atom is 0.265 e. The fourth-order valence-corrected chi connectivity index (χ4v) is 4.22. The van der Waals surface area contributed by atoms with Crippen molar-refractivity contribution in [2.75, 3.05) is 44.2 Å². The van der Waals surface area contributed by atoms with Gasteiger partial charge < -0.3 is 19.4 Å². The Kier molecular flexibility index (Phi) is 7.04. The zero-order valence-corrected chi connectivity index (χ0v) is 18.2. The highest BCUT2D eigenvalue weighted by molar-refractivity contribution is 5.98. The Labute approximate surface area is 188 Å². The van der Waals surface area contributed by atoms with Gasteiger partial charge >= 0.3 is 0 Å². The van der Waals surface area contributed by atoms with Crippen LogP contribution in [0.1, 0.15) is 24.8 Å². The molecule has 0 radical (unpaired) electrons. The molecule has 1 saturated heterocycles. The highest BCUT2D eigenvalue weighted by Gasteiger charge is 2.28. The molecule has 4 rings (SSSR count). The third-order valence-electron chi connectivity index (χ3n) is 6.04. The number of carbonyl (C=O) groups excluding carboxylic acids is 3. The molecule has 0 unspecified atom stereocenters. The van der Waals surface area contributed by atoms with Gasteiger partial charge in [0.1, 0.15) is 5.75 Å². The predicted molar refractivity (Wildman–Crippen MR) is 121 cm³/mol. The van der Waals surface area contributed by atoms with E-state index in [2.05, 4.69) is 12.1 Å². The molecule has 2 aromatic carbocycles. The molecule has 168 valence electrons. The molecule has 2 aliphatic heterocycles. The van der Waals surface area contributed by atoms with Crippen LogP contribution in [0.25, 0.3) is 0 Å². The maximum absolute atomic E-state index is 12.7. The number of ether oxygens (including phenoxy) is 1. The van der Waals surface area contributed by atoms with Gasteiger partial charge in [-0.15, -0.1) is 0 Å². The van der Waals surface area contributed by atoms with Crippen molar-refractivity contribution in [3.05, 3.63) is 60.2 Å². The molecular weight excluding hydrogens is 406 g/mol. The van der Waals surface area contributed by atoms with E-state index in [0.29, 0.717) is 50.6 Å². The Balaban J connectivity index is 1.20. The fraction of sp³-hybridized carbons (Fsp3) is 0.400. The van der Waals surface area contributed by atoms with Crippen LogP contribution in [0.3, 0.4) is 0 Å². The molecular formula is C25H29N3O4. The molecule has 0 atom stereocenters. The van der Waals surface area contributed by atoms with Crippen molar-refractivity contribution in [3.8, 4) is 5.75 Å². The molecule has 2 aliphatic rings. The number of hydrogen-bond acceptors (Lipinski definition) is 4. The zero-order valence-electron chi connectivity index (χ0n) is 18.2. The van der Waals surface area contributed by atoms with Crippen LogP contribution >= 0.6 is 0 Å². The quantitative estimate of drug-likeness (QED) is 0.670. The number of hydrogen-bond donors (Lipinski definition) is 0. The van der Waals surface area contributed by atoms with Gasteiger partial charge in [-0.05, 0) is 30.5 Å². The van der Waals surface area contributed by atoms with Gasteiger partial charge in [-0.2, -0.15) is 0 Å². The summed E-state index contributed by atoms with van der Waals surface area (Å²) >= 11 is 0. The Morgan fingerprint density at radius 1 is 0.812 bits per heavy atom. The number of amides is 3. The summed E-state index contributed by atoms with van der Waals surface area (Å²) in [6.07, 6.45) is 2.51. The lowest BCUT2D eigenvalue weighted by Gasteiger charge is -2.35. The average molecular weight is 436 g/mol. The summed E-state index contributed by atoms with van der Waals surface area (Å²) < 4.78 is 5.45. The van der Waals surface area contributed by atoms with Gasteiger partial charge in [-0.25, -0.2) is 0 Å². The summed E-state index contributed by atoms with van der Waals surface area (Å²) in [7, 11) is 0. The minimum atomic E-state index is -0.137. The predicted octanol–water partition coefficient (Wildman–Crippen LogP) is 2.50. The number of fused-ring (bicyclic) bond motifs is 1. The van der Waals surface area contributed by atoms with E-state index in [1.165, 1.54) is 5.56 Å². The highest BCUT2D eigenvalue weighted by atomic mass is 16.5. The van der Waals surface area contributed by atoms with E-state index in [1.54, 1.807) is 9.80 Å². The van der Waals surface area contributed by atoms with Gasteiger partial charge in [0.2, 0.25) is 11.8 Å². The Bertz CT molecular complexity index is 955. The molecule has 0 aliphatic carbocycles. The second kappa shape index (κ2) is 10.3. The SMILES string of the molecule is O=C(CCCc1ccccc1)N1CCN(C(=O)CCN2C(=O)COc3ccccc32)CC1. The number of rotatable bonds is 7. The largest absolute Gasteiger partial charge is 0.482 e. The van der Waals surface area contributed by atoms with Crippen molar-refractivity contribution in [1.82, 2.24) is 9.80 Å². The third-order valence-corrected chi connectivity index (χ3v) is 6.04. The van der Waals surface area contributed by atoms with Crippen LogP contribution in [-0.4, -0.2) is 66.9 Å². The maximum atomic E-state index is 12.7. The van der Waals surface area contributed by atoms with E-state index in [9.17, 15) is 14.4 Å². The lowest BCUT2D eigenvalue weighted by atomic mass is 10.1. The number of anilines is 1. The summed E-state index contributed by atoms with van der Waals surface area (Å²) in [5.74, 6) is 0.697. The normalized spacial score (nSPS) is 15.9. The van der Waals surface area contributed by atoms with Gasteiger partial charge in [0.05, 0.1) is 5.69 Å². The van der Waals surface area contributed by atoms with Crippen LogP contribution in [0.15, 0.2) is 54.6 Å². The van der Waals surface area contributed by atoms with Gasteiger partial charge in [0.15, 0.2) is 6.61 Å². The van der Waals surface area contributed by atoms with Crippen LogP contribution < -0.4 is 9.64 Å². The number of para-hydroxylation sites is 2. The molecule has 2 heterocycles. The lowest BCUT2D eigenvalue weighted by molar-refractivity contribution is -0.139. The first-order valence-corrected chi connectivity index (χ1v) is 11.2. The molecule has 0 saturated carbocycles. The van der Waals surface area contributed by atoms with Gasteiger partial charge in [-0.1, -0.05) is 42.5 Å². The van der Waals surface area contributed by atoms with Crippen LogP contribution in [0, 0.1) is 0 Å². The molecule has 0 N–H and O–H groups in total. The van der Waals surface area contributed by atoms with Crippen LogP contribution in [0.5, 0.6) is 5.75 Å². The molecule has 0 aromatic heterocycles. The Morgan fingerprint density at radius 3 is 2.16 bits per heavy atom. The topological polar surface area (TPSA) is 70.2 Å². The minimum Gasteiger partial charge on any atom is -0.482 e. The van der Waals surface area contributed by atoms with E-state index in [0.717, 1.165) is 12.8 Å². The molecule has 2 aromatic rings. The molecule has 3 amide bonds. The van der Waals surface area contributed by atoms with Crippen molar-refractivity contribution >= 4 is 23.4 Å². The zero-order chi connectivity index (χ0) is 22.3. The summed E-state index contributed by atoms with van der Waals surface area (Å²) in [5.41, 5.74) is 1.96. The number of benzene rings is 2. The molecule has 1 fully saturated rings. The van der Waals surface area contributed by atoms with E-state index in [4.69, 9.17) is 4.74 Å². The summed E-state index contributed by atoms with van der Waals surface area (Å²) in [6.45, 7) is 2.53. The fourth-order valence-electron chi connectivity index (χ4n) is 4.22. The van der Waals surface area contributed by atoms with Crippen LogP contribution in [0.4, 0.5) is 5.69 Å². The van der Waals surface area contributed by atoms with Crippen molar-refractivity contribution in [3.63, 3.8) is 0 Å². The Hall–Kier alpha value is -3.35.